The molecule has 0 bridgehead atoms. The zero-order valence-corrected chi connectivity index (χ0v) is 18.6. The molecule has 0 saturated carbocycles. The van der Waals surface area contributed by atoms with Crippen molar-refractivity contribution < 1.29 is 19.1 Å². The maximum Gasteiger partial charge on any atom is 0.343 e. The van der Waals surface area contributed by atoms with Gasteiger partial charge in [-0.2, -0.15) is 0 Å². The van der Waals surface area contributed by atoms with E-state index in [0.29, 0.717) is 23.5 Å². The topological polar surface area (TPSA) is 52.6 Å². The van der Waals surface area contributed by atoms with Crippen molar-refractivity contribution in [2.24, 2.45) is 0 Å². The van der Waals surface area contributed by atoms with Crippen LogP contribution in [0.25, 0.3) is 0 Å². The SMILES string of the molecule is CCCCCCCCCCOc1ccc(C(=O)Oc2ccc(C=O)cc2)cc1Br. The minimum Gasteiger partial charge on any atom is -0.492 e. The second kappa shape index (κ2) is 13.2. The molecule has 5 heteroatoms. The largest absolute Gasteiger partial charge is 0.492 e. The molecular weight excluding hydrogens is 432 g/mol. The Morgan fingerprint density at radius 2 is 1.59 bits per heavy atom. The minimum atomic E-state index is -0.459. The molecule has 0 atom stereocenters. The van der Waals surface area contributed by atoms with E-state index < -0.39 is 5.97 Å². The van der Waals surface area contributed by atoms with Crippen LogP contribution >= 0.6 is 15.9 Å². The average molecular weight is 461 g/mol. The van der Waals surface area contributed by atoms with Gasteiger partial charge in [-0.15, -0.1) is 0 Å². The van der Waals surface area contributed by atoms with Gasteiger partial charge in [0, 0.05) is 5.56 Å². The van der Waals surface area contributed by atoms with E-state index in [1.165, 1.54) is 44.9 Å². The lowest BCUT2D eigenvalue weighted by Gasteiger charge is -2.10. The van der Waals surface area contributed by atoms with Gasteiger partial charge in [0.25, 0.3) is 0 Å². The van der Waals surface area contributed by atoms with Crippen LogP contribution in [0.15, 0.2) is 46.9 Å². The molecule has 0 aliphatic heterocycles. The molecule has 0 fully saturated rings. The fourth-order valence-corrected chi connectivity index (χ4v) is 3.44. The maximum absolute atomic E-state index is 12.3. The highest BCUT2D eigenvalue weighted by Gasteiger charge is 2.12. The Labute approximate surface area is 181 Å². The van der Waals surface area contributed by atoms with Crippen molar-refractivity contribution in [3.8, 4) is 11.5 Å². The van der Waals surface area contributed by atoms with Crippen LogP contribution in [-0.2, 0) is 0 Å². The normalized spacial score (nSPS) is 10.6. The molecule has 2 aromatic rings. The Kier molecular flexibility index (Phi) is 10.5. The van der Waals surface area contributed by atoms with Gasteiger partial charge >= 0.3 is 5.97 Å². The van der Waals surface area contributed by atoms with Gasteiger partial charge in [0.15, 0.2) is 0 Å². The fraction of sp³-hybridized carbons (Fsp3) is 0.417. The standard InChI is InChI=1S/C24H29BrO4/c1-2-3-4-5-6-7-8-9-16-28-23-15-12-20(17-22(23)25)24(27)29-21-13-10-19(18-26)11-14-21/h10-15,17-18H,2-9,16H2,1H3. The first kappa shape index (κ1) is 23.1. The molecule has 0 aromatic heterocycles. The molecule has 0 amide bonds. The van der Waals surface area contributed by atoms with E-state index in [1.54, 1.807) is 42.5 Å². The molecule has 0 heterocycles. The van der Waals surface area contributed by atoms with Gasteiger partial charge in [0.05, 0.1) is 16.6 Å². The highest BCUT2D eigenvalue weighted by Crippen LogP contribution is 2.27. The van der Waals surface area contributed by atoms with E-state index >= 15 is 0 Å². The number of rotatable bonds is 13. The quantitative estimate of drug-likeness (QED) is 0.140. The molecule has 4 nitrogen and oxygen atoms in total. The zero-order valence-electron chi connectivity index (χ0n) is 17.0. The number of hydrogen-bond donors (Lipinski definition) is 0. The van der Waals surface area contributed by atoms with Crippen LogP contribution < -0.4 is 9.47 Å². The number of unbranched alkanes of at least 4 members (excludes halogenated alkanes) is 7. The van der Waals surface area contributed by atoms with E-state index in [9.17, 15) is 9.59 Å². The summed E-state index contributed by atoms with van der Waals surface area (Å²) >= 11 is 3.47. The number of esters is 1. The minimum absolute atomic E-state index is 0.395. The summed E-state index contributed by atoms with van der Waals surface area (Å²) in [5.74, 6) is 0.658. The van der Waals surface area contributed by atoms with Crippen LogP contribution in [0.2, 0.25) is 0 Å². The van der Waals surface area contributed by atoms with Crippen LogP contribution in [-0.4, -0.2) is 18.9 Å². The van der Waals surface area contributed by atoms with Gasteiger partial charge in [-0.1, -0.05) is 51.9 Å². The van der Waals surface area contributed by atoms with E-state index in [2.05, 4.69) is 22.9 Å². The first-order chi connectivity index (χ1) is 14.1. The van der Waals surface area contributed by atoms with Crippen LogP contribution in [0, 0.1) is 0 Å². The number of hydrogen-bond acceptors (Lipinski definition) is 4. The molecule has 2 rings (SSSR count). The molecule has 0 unspecified atom stereocenters. The summed E-state index contributed by atoms with van der Waals surface area (Å²) in [5, 5.41) is 0. The van der Waals surface area contributed by atoms with Gasteiger partial charge < -0.3 is 9.47 Å². The van der Waals surface area contributed by atoms with E-state index in [1.807, 2.05) is 0 Å². The number of carbonyl (C=O) groups is 2. The monoisotopic (exact) mass is 460 g/mol. The number of benzene rings is 2. The van der Waals surface area contributed by atoms with Crippen LogP contribution in [0.4, 0.5) is 0 Å². The summed E-state index contributed by atoms with van der Waals surface area (Å²) in [5.41, 5.74) is 0.960. The van der Waals surface area contributed by atoms with Crippen molar-refractivity contribution in [3.05, 3.63) is 58.1 Å². The lowest BCUT2D eigenvalue weighted by Crippen LogP contribution is -2.09. The second-order valence-corrected chi connectivity index (χ2v) is 7.90. The van der Waals surface area contributed by atoms with Crippen molar-refractivity contribution in [3.63, 3.8) is 0 Å². The predicted octanol–water partition coefficient (Wildman–Crippen LogP) is 7.00. The Hall–Kier alpha value is -2.14. The summed E-state index contributed by atoms with van der Waals surface area (Å²) in [6.07, 6.45) is 10.8. The van der Waals surface area contributed by atoms with Gasteiger partial charge in [0.2, 0.25) is 0 Å². The van der Waals surface area contributed by atoms with Crippen molar-refractivity contribution in [1.29, 1.82) is 0 Å². The molecule has 156 valence electrons. The first-order valence-corrected chi connectivity index (χ1v) is 11.1. The fourth-order valence-electron chi connectivity index (χ4n) is 2.94. The summed E-state index contributed by atoms with van der Waals surface area (Å²) in [6, 6.07) is 11.6. The van der Waals surface area contributed by atoms with Crippen LogP contribution in [0.1, 0.15) is 79.0 Å². The van der Waals surface area contributed by atoms with Crippen LogP contribution in [0.3, 0.4) is 0 Å². The van der Waals surface area contributed by atoms with Gasteiger partial charge in [0.1, 0.15) is 17.8 Å². The highest BCUT2D eigenvalue weighted by atomic mass is 79.9. The van der Waals surface area contributed by atoms with Crippen molar-refractivity contribution in [1.82, 2.24) is 0 Å². The Balaban J connectivity index is 1.74. The third kappa shape index (κ3) is 8.40. The summed E-state index contributed by atoms with van der Waals surface area (Å²) in [6.45, 7) is 2.90. The third-order valence-electron chi connectivity index (χ3n) is 4.65. The first-order valence-electron chi connectivity index (χ1n) is 10.3. The summed E-state index contributed by atoms with van der Waals surface area (Å²) in [4.78, 5) is 23.0. The average Bonchev–Trinajstić information content (AvgIpc) is 2.74. The zero-order chi connectivity index (χ0) is 20.9. The van der Waals surface area contributed by atoms with Gasteiger partial charge in [-0.05, 0) is 64.8 Å². The van der Waals surface area contributed by atoms with Gasteiger partial charge in [-0.25, -0.2) is 4.79 Å². The molecule has 0 radical (unpaired) electrons. The van der Waals surface area contributed by atoms with E-state index in [0.717, 1.165) is 22.9 Å². The number of carbonyl (C=O) groups excluding carboxylic acids is 2. The molecule has 0 saturated heterocycles. The molecule has 29 heavy (non-hydrogen) atoms. The van der Waals surface area contributed by atoms with Crippen molar-refractivity contribution in [2.75, 3.05) is 6.61 Å². The molecular formula is C24H29BrO4. The smallest absolute Gasteiger partial charge is 0.343 e. The molecule has 2 aromatic carbocycles. The van der Waals surface area contributed by atoms with E-state index in [4.69, 9.17) is 9.47 Å². The Morgan fingerprint density at radius 1 is 0.931 bits per heavy atom. The molecule has 0 aliphatic rings. The molecule has 0 aliphatic carbocycles. The summed E-state index contributed by atoms with van der Waals surface area (Å²) < 4.78 is 11.9. The molecule has 0 spiro atoms. The predicted molar refractivity (Wildman–Crippen MR) is 119 cm³/mol. The maximum atomic E-state index is 12.3. The van der Waals surface area contributed by atoms with Crippen molar-refractivity contribution >= 4 is 28.2 Å². The second-order valence-electron chi connectivity index (χ2n) is 7.04. The lowest BCUT2D eigenvalue weighted by molar-refractivity contribution is 0.0734. The van der Waals surface area contributed by atoms with Crippen LogP contribution in [0.5, 0.6) is 11.5 Å². The number of halogens is 1. The van der Waals surface area contributed by atoms with Gasteiger partial charge in [-0.3, -0.25) is 4.79 Å². The van der Waals surface area contributed by atoms with Crippen molar-refractivity contribution in [2.45, 2.75) is 58.3 Å². The molecule has 0 N–H and O–H groups in total. The third-order valence-corrected chi connectivity index (χ3v) is 5.27. The summed E-state index contributed by atoms with van der Waals surface area (Å²) in [7, 11) is 0. The highest BCUT2D eigenvalue weighted by molar-refractivity contribution is 9.10. The Bertz CT molecular complexity index is 771. The lowest BCUT2D eigenvalue weighted by atomic mass is 10.1. The Morgan fingerprint density at radius 3 is 2.21 bits per heavy atom. The number of ether oxygens (including phenoxy) is 2. The number of aldehydes is 1. The van der Waals surface area contributed by atoms with E-state index in [-0.39, 0.29) is 0 Å².